The maximum atomic E-state index is 9.56. The number of pyridine rings is 1. The van der Waals surface area contributed by atoms with E-state index in [9.17, 15) is 5.11 Å². The summed E-state index contributed by atoms with van der Waals surface area (Å²) in [6, 6.07) is 1.87. The molecule has 1 unspecified atom stereocenters. The molecule has 17 heavy (non-hydrogen) atoms. The quantitative estimate of drug-likeness (QED) is 0.910. The monoisotopic (exact) mass is 318 g/mol. The fraction of sp³-hybridized carbons (Fsp3) is 0.583. The SMILES string of the molecule is CC(O)C1CCN(c2ncc(Br)cc2Cl)CC1. The highest BCUT2D eigenvalue weighted by Gasteiger charge is 2.24. The minimum Gasteiger partial charge on any atom is -0.393 e. The molecule has 3 nitrogen and oxygen atoms in total. The third kappa shape index (κ3) is 3.12. The zero-order chi connectivity index (χ0) is 12.4. The van der Waals surface area contributed by atoms with Crippen LogP contribution in [0.4, 0.5) is 5.82 Å². The van der Waals surface area contributed by atoms with Gasteiger partial charge in [0.05, 0.1) is 11.1 Å². The molecule has 94 valence electrons. The molecule has 1 aliphatic rings. The van der Waals surface area contributed by atoms with Crippen LogP contribution in [0.2, 0.25) is 5.02 Å². The standard InChI is InChI=1S/C12H16BrClN2O/c1-8(17)9-2-4-16(5-3-9)12-11(14)6-10(13)7-15-12/h6-9,17H,2-5H2,1H3. The first-order valence-electron chi connectivity index (χ1n) is 5.82. The lowest BCUT2D eigenvalue weighted by atomic mass is 9.92. The molecule has 0 aromatic carbocycles. The van der Waals surface area contributed by atoms with E-state index in [1.54, 1.807) is 6.20 Å². The van der Waals surface area contributed by atoms with Gasteiger partial charge in [-0.15, -0.1) is 0 Å². The Bertz CT molecular complexity index is 392. The predicted molar refractivity (Wildman–Crippen MR) is 73.6 cm³/mol. The van der Waals surface area contributed by atoms with E-state index in [1.165, 1.54) is 0 Å². The van der Waals surface area contributed by atoms with Crippen LogP contribution in [-0.4, -0.2) is 29.3 Å². The molecule has 5 heteroatoms. The Balaban J connectivity index is 2.05. The molecule has 0 amide bonds. The Morgan fingerprint density at radius 1 is 1.53 bits per heavy atom. The molecule has 0 bridgehead atoms. The average Bonchev–Trinajstić information content (AvgIpc) is 2.29. The van der Waals surface area contributed by atoms with Gasteiger partial charge in [-0.2, -0.15) is 0 Å². The Hall–Kier alpha value is -0.320. The second-order valence-electron chi connectivity index (χ2n) is 4.52. The topological polar surface area (TPSA) is 36.4 Å². The van der Waals surface area contributed by atoms with Crippen molar-refractivity contribution < 1.29 is 5.11 Å². The van der Waals surface area contributed by atoms with Crippen LogP contribution < -0.4 is 4.90 Å². The summed E-state index contributed by atoms with van der Waals surface area (Å²) in [5, 5.41) is 10.2. The van der Waals surface area contributed by atoms with Gasteiger partial charge >= 0.3 is 0 Å². The van der Waals surface area contributed by atoms with Crippen molar-refractivity contribution in [3.8, 4) is 0 Å². The molecule has 1 saturated heterocycles. The number of piperidine rings is 1. The van der Waals surface area contributed by atoms with Crippen LogP contribution in [0.5, 0.6) is 0 Å². The lowest BCUT2D eigenvalue weighted by Crippen LogP contribution is -2.37. The van der Waals surface area contributed by atoms with Crippen LogP contribution >= 0.6 is 27.5 Å². The van der Waals surface area contributed by atoms with E-state index in [-0.39, 0.29) is 6.10 Å². The fourth-order valence-corrected chi connectivity index (χ4v) is 2.98. The van der Waals surface area contributed by atoms with Gasteiger partial charge in [-0.1, -0.05) is 11.6 Å². The van der Waals surface area contributed by atoms with Crippen LogP contribution in [-0.2, 0) is 0 Å². The van der Waals surface area contributed by atoms with Gasteiger partial charge < -0.3 is 10.0 Å². The summed E-state index contributed by atoms with van der Waals surface area (Å²) in [7, 11) is 0. The van der Waals surface area contributed by atoms with Crippen molar-refractivity contribution in [2.24, 2.45) is 5.92 Å². The molecular weight excluding hydrogens is 304 g/mol. The van der Waals surface area contributed by atoms with Crippen LogP contribution in [0, 0.1) is 5.92 Å². The molecule has 2 heterocycles. The van der Waals surface area contributed by atoms with E-state index < -0.39 is 0 Å². The summed E-state index contributed by atoms with van der Waals surface area (Å²) < 4.78 is 0.894. The van der Waals surface area contributed by atoms with E-state index >= 15 is 0 Å². The van der Waals surface area contributed by atoms with Crippen molar-refractivity contribution in [1.29, 1.82) is 0 Å². The maximum absolute atomic E-state index is 9.56. The smallest absolute Gasteiger partial charge is 0.147 e. The highest BCUT2D eigenvalue weighted by molar-refractivity contribution is 9.10. The number of aliphatic hydroxyl groups is 1. The van der Waals surface area contributed by atoms with E-state index in [4.69, 9.17) is 11.6 Å². The molecule has 2 rings (SSSR count). The molecule has 0 saturated carbocycles. The summed E-state index contributed by atoms with van der Waals surface area (Å²) in [4.78, 5) is 6.54. The van der Waals surface area contributed by atoms with Crippen molar-refractivity contribution in [3.05, 3.63) is 21.8 Å². The normalized spacial score (nSPS) is 19.4. The first-order valence-corrected chi connectivity index (χ1v) is 6.99. The molecule has 0 radical (unpaired) electrons. The van der Waals surface area contributed by atoms with E-state index in [2.05, 4.69) is 25.8 Å². The van der Waals surface area contributed by atoms with Gasteiger partial charge in [0.2, 0.25) is 0 Å². The second kappa shape index (κ2) is 5.55. The van der Waals surface area contributed by atoms with Crippen LogP contribution in [0.1, 0.15) is 19.8 Å². The van der Waals surface area contributed by atoms with Gasteiger partial charge in [0, 0.05) is 23.8 Å². The Morgan fingerprint density at radius 2 is 2.18 bits per heavy atom. The summed E-state index contributed by atoms with van der Waals surface area (Å²) >= 11 is 9.53. The maximum Gasteiger partial charge on any atom is 0.147 e. The number of rotatable bonds is 2. The highest BCUT2D eigenvalue weighted by Crippen LogP contribution is 2.30. The summed E-state index contributed by atoms with van der Waals surface area (Å²) in [5.74, 6) is 1.25. The van der Waals surface area contributed by atoms with Crippen molar-refractivity contribution in [3.63, 3.8) is 0 Å². The minimum atomic E-state index is -0.217. The van der Waals surface area contributed by atoms with Crippen LogP contribution in [0.15, 0.2) is 16.7 Å². The third-order valence-electron chi connectivity index (χ3n) is 3.31. The van der Waals surface area contributed by atoms with E-state index in [0.717, 1.165) is 36.2 Å². The number of halogens is 2. The fourth-order valence-electron chi connectivity index (χ4n) is 2.23. The molecular formula is C12H16BrClN2O. The number of nitrogens with zero attached hydrogens (tertiary/aromatic N) is 2. The van der Waals surface area contributed by atoms with Gasteiger partial charge in [0.1, 0.15) is 5.82 Å². The average molecular weight is 320 g/mol. The van der Waals surface area contributed by atoms with E-state index in [1.807, 2.05) is 13.0 Å². The zero-order valence-electron chi connectivity index (χ0n) is 9.74. The van der Waals surface area contributed by atoms with Crippen LogP contribution in [0.25, 0.3) is 0 Å². The van der Waals surface area contributed by atoms with Gasteiger partial charge in [0.15, 0.2) is 0 Å². The molecule has 1 atom stereocenters. The minimum absolute atomic E-state index is 0.217. The predicted octanol–water partition coefficient (Wildman–Crippen LogP) is 3.09. The number of hydrogen-bond acceptors (Lipinski definition) is 3. The third-order valence-corrected chi connectivity index (χ3v) is 4.02. The van der Waals surface area contributed by atoms with E-state index in [0.29, 0.717) is 10.9 Å². The lowest BCUT2D eigenvalue weighted by Gasteiger charge is -2.34. The first-order chi connectivity index (χ1) is 8.08. The van der Waals surface area contributed by atoms with Gasteiger partial charge in [-0.25, -0.2) is 4.98 Å². The molecule has 1 fully saturated rings. The van der Waals surface area contributed by atoms with Crippen molar-refractivity contribution in [2.45, 2.75) is 25.9 Å². The largest absolute Gasteiger partial charge is 0.393 e. The number of hydrogen-bond donors (Lipinski definition) is 1. The van der Waals surface area contributed by atoms with Gasteiger partial charge in [-0.3, -0.25) is 0 Å². The molecule has 1 aromatic rings. The second-order valence-corrected chi connectivity index (χ2v) is 5.85. The van der Waals surface area contributed by atoms with Crippen molar-refractivity contribution in [2.75, 3.05) is 18.0 Å². The lowest BCUT2D eigenvalue weighted by molar-refractivity contribution is 0.110. The summed E-state index contributed by atoms with van der Waals surface area (Å²) in [5.41, 5.74) is 0. The van der Waals surface area contributed by atoms with Crippen molar-refractivity contribution >= 4 is 33.3 Å². The molecule has 0 spiro atoms. The Morgan fingerprint density at radius 3 is 2.71 bits per heavy atom. The molecule has 1 aromatic heterocycles. The summed E-state index contributed by atoms with van der Waals surface area (Å²) in [6.45, 7) is 3.68. The number of aliphatic hydroxyl groups excluding tert-OH is 1. The van der Waals surface area contributed by atoms with Crippen LogP contribution in [0.3, 0.4) is 0 Å². The molecule has 1 aliphatic heterocycles. The van der Waals surface area contributed by atoms with Gasteiger partial charge in [-0.05, 0) is 47.7 Å². The molecule has 0 aliphatic carbocycles. The van der Waals surface area contributed by atoms with Crippen molar-refractivity contribution in [1.82, 2.24) is 4.98 Å². The Labute approximate surface area is 115 Å². The highest BCUT2D eigenvalue weighted by atomic mass is 79.9. The summed E-state index contributed by atoms with van der Waals surface area (Å²) in [6.07, 6.45) is 3.53. The molecule has 1 N–H and O–H groups in total. The first kappa shape index (κ1) is 13.1. The number of anilines is 1. The van der Waals surface area contributed by atoms with Gasteiger partial charge in [0.25, 0.3) is 0 Å². The zero-order valence-corrected chi connectivity index (χ0v) is 12.1. The number of aromatic nitrogens is 1. The Kier molecular flexibility index (Phi) is 4.28.